The fourth-order valence-corrected chi connectivity index (χ4v) is 1.88. The van der Waals surface area contributed by atoms with Crippen LogP contribution in [0.1, 0.15) is 12.8 Å². The molecule has 0 radical (unpaired) electrons. The van der Waals surface area contributed by atoms with Gasteiger partial charge in [-0.25, -0.2) is 0 Å². The summed E-state index contributed by atoms with van der Waals surface area (Å²) in [5.41, 5.74) is 0.403. The number of nitrogens with one attached hydrogen (secondary N) is 1. The lowest BCUT2D eigenvalue weighted by atomic mass is 10.2. The highest BCUT2D eigenvalue weighted by molar-refractivity contribution is 5.95. The normalized spacial score (nSPS) is 15.0. The van der Waals surface area contributed by atoms with Crippen molar-refractivity contribution in [3.05, 3.63) is 28.3 Å². The number of hydrogen-bond acceptors (Lipinski definition) is 5. The summed E-state index contributed by atoms with van der Waals surface area (Å²) in [4.78, 5) is 24.3. The molecule has 20 heavy (non-hydrogen) atoms. The highest BCUT2D eigenvalue weighted by Crippen LogP contribution is 2.38. The molecule has 0 bridgehead atoms. The van der Waals surface area contributed by atoms with E-state index < -0.39 is 4.92 Å². The molecule has 1 aliphatic rings. The van der Waals surface area contributed by atoms with Crippen LogP contribution < -0.4 is 0 Å². The van der Waals surface area contributed by atoms with E-state index in [2.05, 4.69) is 15.2 Å². The Bertz CT molecular complexity index is 745. The Morgan fingerprint density at radius 1 is 1.45 bits per heavy atom. The number of nitro benzene ring substituents is 1. The first-order valence-electron chi connectivity index (χ1n) is 6.01. The maximum Gasteiger partial charge on any atom is 0.270 e. The van der Waals surface area contributed by atoms with Gasteiger partial charge in [-0.15, -0.1) is 10.2 Å². The molecule has 0 atom stereocenters. The summed E-state index contributed by atoms with van der Waals surface area (Å²) in [5, 5.41) is 28.1. The zero-order valence-corrected chi connectivity index (χ0v) is 10.2. The molecule has 0 saturated heterocycles. The van der Waals surface area contributed by atoms with Gasteiger partial charge in [-0.2, -0.15) is 0 Å². The quantitative estimate of drug-likeness (QED) is 0.507. The molecule has 0 unspecified atom stereocenters. The number of rotatable bonds is 3. The predicted octanol–water partition coefficient (Wildman–Crippen LogP) is 2.80. The lowest BCUT2D eigenvalue weighted by Gasteiger charge is -1.93. The van der Waals surface area contributed by atoms with Gasteiger partial charge in [-0.3, -0.25) is 14.9 Å². The van der Waals surface area contributed by atoms with E-state index in [4.69, 9.17) is 0 Å². The fourth-order valence-electron chi connectivity index (χ4n) is 1.88. The molecule has 1 heterocycles. The van der Waals surface area contributed by atoms with Crippen LogP contribution in [0.2, 0.25) is 0 Å². The standard InChI is InChI=1S/C12H10N4O4/c17-11(6-1-2-6)15-14-10-8-5-7(16(19)20)3-4-9(8)13-12(10)18/h3-6,13,18H,1-2H2. The molecule has 102 valence electrons. The number of carbonyl (C=O) groups excluding carboxylic acids is 1. The number of amides is 1. The Kier molecular flexibility index (Phi) is 2.70. The maximum atomic E-state index is 11.5. The SMILES string of the molecule is O=C(N=Nc1c(O)[nH]c2ccc([N+](=O)[O-])cc12)C1CC1. The highest BCUT2D eigenvalue weighted by atomic mass is 16.6. The number of nitro groups is 1. The van der Waals surface area contributed by atoms with Crippen molar-refractivity contribution in [1.29, 1.82) is 0 Å². The Morgan fingerprint density at radius 2 is 2.20 bits per heavy atom. The first-order valence-corrected chi connectivity index (χ1v) is 6.01. The van der Waals surface area contributed by atoms with Crippen molar-refractivity contribution >= 4 is 28.2 Å². The zero-order valence-electron chi connectivity index (χ0n) is 10.2. The van der Waals surface area contributed by atoms with Gasteiger partial charge in [0.1, 0.15) is 0 Å². The number of benzene rings is 1. The minimum absolute atomic E-state index is 0.0395. The van der Waals surface area contributed by atoms with Crippen molar-refractivity contribution in [3.63, 3.8) is 0 Å². The number of azo groups is 1. The fraction of sp³-hybridized carbons (Fsp3) is 0.250. The van der Waals surface area contributed by atoms with Gasteiger partial charge in [0, 0.05) is 23.4 Å². The van der Waals surface area contributed by atoms with Crippen LogP contribution in [0.3, 0.4) is 0 Å². The van der Waals surface area contributed by atoms with Crippen LogP contribution in [-0.4, -0.2) is 20.9 Å². The predicted molar refractivity (Wildman–Crippen MR) is 68.9 cm³/mol. The summed E-state index contributed by atoms with van der Waals surface area (Å²) in [6.45, 7) is 0. The van der Waals surface area contributed by atoms with Gasteiger partial charge in [0.05, 0.1) is 10.4 Å². The number of carbonyl (C=O) groups is 1. The van der Waals surface area contributed by atoms with Crippen LogP contribution in [0.15, 0.2) is 28.4 Å². The molecule has 1 amide bonds. The number of aromatic hydroxyl groups is 1. The number of fused-ring (bicyclic) bond motifs is 1. The molecule has 2 aromatic rings. The summed E-state index contributed by atoms with van der Waals surface area (Å²) in [7, 11) is 0. The van der Waals surface area contributed by atoms with E-state index in [1.807, 2.05) is 0 Å². The summed E-state index contributed by atoms with van der Waals surface area (Å²) in [6, 6.07) is 4.06. The molecule has 0 aliphatic heterocycles. The number of H-pyrrole nitrogens is 1. The third-order valence-electron chi connectivity index (χ3n) is 3.12. The van der Waals surface area contributed by atoms with Crippen LogP contribution >= 0.6 is 0 Å². The van der Waals surface area contributed by atoms with E-state index in [1.54, 1.807) is 0 Å². The van der Waals surface area contributed by atoms with Crippen LogP contribution in [0.4, 0.5) is 11.4 Å². The van der Waals surface area contributed by atoms with Crippen molar-refractivity contribution in [1.82, 2.24) is 4.98 Å². The molecule has 1 fully saturated rings. The Labute approximate surface area is 112 Å². The van der Waals surface area contributed by atoms with Crippen molar-refractivity contribution in [2.24, 2.45) is 16.1 Å². The average Bonchev–Trinajstić information content (AvgIpc) is 3.20. The van der Waals surface area contributed by atoms with Crippen molar-refractivity contribution < 1.29 is 14.8 Å². The van der Waals surface area contributed by atoms with Gasteiger partial charge in [0.2, 0.25) is 5.88 Å². The third-order valence-corrected chi connectivity index (χ3v) is 3.12. The topological polar surface area (TPSA) is 121 Å². The lowest BCUT2D eigenvalue weighted by molar-refractivity contribution is -0.384. The molecule has 1 aliphatic carbocycles. The molecule has 8 nitrogen and oxygen atoms in total. The van der Waals surface area contributed by atoms with E-state index in [-0.39, 0.29) is 29.1 Å². The first kappa shape index (κ1) is 12.3. The second-order valence-electron chi connectivity index (χ2n) is 4.62. The smallest absolute Gasteiger partial charge is 0.270 e. The van der Waals surface area contributed by atoms with E-state index >= 15 is 0 Å². The van der Waals surface area contributed by atoms with Crippen LogP contribution in [0.25, 0.3) is 10.9 Å². The zero-order chi connectivity index (χ0) is 14.3. The maximum absolute atomic E-state index is 11.5. The van der Waals surface area contributed by atoms with Gasteiger partial charge < -0.3 is 10.1 Å². The number of aromatic nitrogens is 1. The molecular weight excluding hydrogens is 264 g/mol. The highest BCUT2D eigenvalue weighted by Gasteiger charge is 2.29. The summed E-state index contributed by atoms with van der Waals surface area (Å²) in [6.07, 6.45) is 1.62. The van der Waals surface area contributed by atoms with Gasteiger partial charge >= 0.3 is 0 Å². The van der Waals surface area contributed by atoms with Gasteiger partial charge in [0.15, 0.2) is 5.69 Å². The molecular formula is C12H10N4O4. The Balaban J connectivity index is 2.03. The second kappa shape index (κ2) is 4.41. The first-order chi connectivity index (χ1) is 9.56. The third kappa shape index (κ3) is 2.11. The largest absolute Gasteiger partial charge is 0.493 e. The molecule has 8 heteroatoms. The molecule has 0 spiro atoms. The minimum atomic E-state index is -0.542. The summed E-state index contributed by atoms with van der Waals surface area (Å²) in [5.74, 6) is -0.669. The monoisotopic (exact) mass is 274 g/mol. The number of non-ortho nitro benzene ring substituents is 1. The summed E-state index contributed by atoms with van der Waals surface area (Å²) >= 11 is 0. The Hall–Kier alpha value is -2.77. The van der Waals surface area contributed by atoms with Crippen LogP contribution in [-0.2, 0) is 4.79 Å². The van der Waals surface area contributed by atoms with Crippen LogP contribution in [0, 0.1) is 16.0 Å². The van der Waals surface area contributed by atoms with Crippen molar-refractivity contribution in [2.45, 2.75) is 12.8 Å². The minimum Gasteiger partial charge on any atom is -0.493 e. The van der Waals surface area contributed by atoms with Gasteiger partial charge in [0.25, 0.3) is 11.6 Å². The van der Waals surface area contributed by atoms with E-state index in [0.29, 0.717) is 10.9 Å². The van der Waals surface area contributed by atoms with E-state index in [9.17, 15) is 20.0 Å². The van der Waals surface area contributed by atoms with E-state index in [0.717, 1.165) is 12.8 Å². The number of nitrogens with zero attached hydrogens (tertiary/aromatic N) is 3. The number of aromatic amines is 1. The van der Waals surface area contributed by atoms with Crippen molar-refractivity contribution in [2.75, 3.05) is 0 Å². The van der Waals surface area contributed by atoms with Gasteiger partial charge in [-0.1, -0.05) is 0 Å². The average molecular weight is 274 g/mol. The Morgan fingerprint density at radius 3 is 2.85 bits per heavy atom. The van der Waals surface area contributed by atoms with Crippen molar-refractivity contribution in [3.8, 4) is 5.88 Å². The molecule has 1 aromatic heterocycles. The second-order valence-corrected chi connectivity index (χ2v) is 4.62. The molecule has 1 saturated carbocycles. The van der Waals surface area contributed by atoms with E-state index in [1.165, 1.54) is 18.2 Å². The molecule has 2 N–H and O–H groups in total. The molecule has 3 rings (SSSR count). The van der Waals surface area contributed by atoms with Gasteiger partial charge in [-0.05, 0) is 18.9 Å². The van der Waals surface area contributed by atoms with Crippen LogP contribution in [0.5, 0.6) is 5.88 Å². The summed E-state index contributed by atoms with van der Waals surface area (Å²) < 4.78 is 0. The number of hydrogen-bond donors (Lipinski definition) is 2. The molecule has 1 aromatic carbocycles. The lowest BCUT2D eigenvalue weighted by Crippen LogP contribution is -1.92.